The molecule has 0 aliphatic rings. The topological polar surface area (TPSA) is 84.9 Å². The summed E-state index contributed by atoms with van der Waals surface area (Å²) in [5, 5.41) is 5.17. The fourth-order valence-electron chi connectivity index (χ4n) is 0.603. The van der Waals surface area contributed by atoms with Crippen LogP contribution in [0.4, 0.5) is 5.82 Å². The number of nitrogens with two attached hydrogens (primary N) is 2. The van der Waals surface area contributed by atoms with Crippen molar-refractivity contribution in [2.45, 2.75) is 4.90 Å². The highest BCUT2D eigenvalue weighted by Crippen LogP contribution is 2.10. The van der Waals surface area contributed by atoms with E-state index in [4.69, 9.17) is 10.9 Å². The van der Waals surface area contributed by atoms with Crippen LogP contribution in [0.25, 0.3) is 0 Å². The molecule has 0 spiro atoms. The molecule has 1 heterocycles. The van der Waals surface area contributed by atoms with Gasteiger partial charge in [-0.05, 0) is 11.9 Å². The Labute approximate surface area is 61.8 Å². The third-order valence-corrected chi connectivity index (χ3v) is 1.72. The first-order valence-corrected chi connectivity index (χ1v) is 3.47. The highest BCUT2D eigenvalue weighted by Gasteiger charge is 2.00. The van der Waals surface area contributed by atoms with E-state index < -0.39 is 0 Å². The van der Waals surface area contributed by atoms with Crippen molar-refractivity contribution in [3.63, 3.8) is 0 Å². The van der Waals surface area contributed by atoms with Gasteiger partial charge in [0.1, 0.15) is 10.7 Å². The minimum Gasteiger partial charge on any atom is -0.384 e. The zero-order valence-corrected chi connectivity index (χ0v) is 5.94. The highest BCUT2D eigenvalue weighted by atomic mass is 32.2. The molecule has 0 bridgehead atoms. The normalized spacial score (nSPS) is 9.70. The Balaban J connectivity index is 3.31. The average Bonchev–Trinajstić information content (AvgIpc) is 1.88. The summed E-state index contributed by atoms with van der Waals surface area (Å²) in [7, 11) is 0. The van der Waals surface area contributed by atoms with Gasteiger partial charge < -0.3 is 10.7 Å². The van der Waals surface area contributed by atoms with Gasteiger partial charge in [0.25, 0.3) is 0 Å². The fraction of sp³-hybridized carbons (Fsp3) is 0. The summed E-state index contributed by atoms with van der Waals surface area (Å²) in [6.45, 7) is 0. The van der Waals surface area contributed by atoms with Crippen LogP contribution in [-0.4, -0.2) is 4.98 Å². The molecule has 0 saturated heterocycles. The van der Waals surface area contributed by atoms with Crippen LogP contribution in [0.15, 0.2) is 22.0 Å². The van der Waals surface area contributed by atoms with Crippen LogP contribution in [0.2, 0.25) is 0 Å². The number of aromatic nitrogens is 1. The van der Waals surface area contributed by atoms with E-state index in [1.807, 2.05) is 0 Å². The van der Waals surface area contributed by atoms with Crippen molar-refractivity contribution >= 4 is 17.8 Å². The van der Waals surface area contributed by atoms with Crippen molar-refractivity contribution < 1.29 is 0 Å². The quantitative estimate of drug-likeness (QED) is 0.498. The van der Waals surface area contributed by atoms with Crippen LogP contribution in [-0.2, 0) is 0 Å². The van der Waals surface area contributed by atoms with Crippen LogP contribution in [0, 0.1) is 0 Å². The molecule has 0 amide bonds. The molecule has 10 heavy (non-hydrogen) atoms. The lowest BCUT2D eigenvalue weighted by atomic mass is 10.4. The Hall–Kier alpha value is -0.940. The minimum absolute atomic E-state index is 0.149. The van der Waals surface area contributed by atoms with Gasteiger partial charge in [-0.1, -0.05) is 0 Å². The predicted molar refractivity (Wildman–Crippen MR) is 41.5 cm³/mol. The summed E-state index contributed by atoms with van der Waals surface area (Å²) >= 11 is 0.853. The SMILES string of the molecule is NSc1c(N)[nH]ccc1=O. The van der Waals surface area contributed by atoms with Crippen LogP contribution >= 0.6 is 11.9 Å². The number of hydrogen-bond acceptors (Lipinski definition) is 4. The number of anilines is 1. The van der Waals surface area contributed by atoms with Crippen LogP contribution < -0.4 is 16.3 Å². The van der Waals surface area contributed by atoms with E-state index >= 15 is 0 Å². The van der Waals surface area contributed by atoms with E-state index in [0.717, 1.165) is 11.9 Å². The molecule has 5 heteroatoms. The molecule has 0 aromatic carbocycles. The first kappa shape index (κ1) is 7.17. The monoisotopic (exact) mass is 157 g/mol. The molecule has 1 aromatic heterocycles. The fourth-order valence-corrected chi connectivity index (χ4v) is 0.973. The second kappa shape index (κ2) is 2.76. The minimum atomic E-state index is -0.149. The number of pyridine rings is 1. The molecule has 0 aliphatic heterocycles. The highest BCUT2D eigenvalue weighted by molar-refractivity contribution is 7.97. The number of H-pyrrole nitrogens is 1. The molecule has 0 saturated carbocycles. The van der Waals surface area contributed by atoms with Crippen molar-refractivity contribution in [1.29, 1.82) is 0 Å². The maximum Gasteiger partial charge on any atom is 0.198 e. The third-order valence-electron chi connectivity index (χ3n) is 1.06. The van der Waals surface area contributed by atoms with Crippen molar-refractivity contribution in [2.24, 2.45) is 5.14 Å². The Morgan fingerprint density at radius 2 is 2.30 bits per heavy atom. The molecule has 0 fully saturated rings. The summed E-state index contributed by atoms with van der Waals surface area (Å²) in [4.78, 5) is 13.9. The molecular formula is C5H7N3OS. The molecule has 0 unspecified atom stereocenters. The summed E-state index contributed by atoms with van der Waals surface area (Å²) in [5.74, 6) is 0.319. The van der Waals surface area contributed by atoms with Gasteiger partial charge in [-0.15, -0.1) is 0 Å². The first-order valence-electron chi connectivity index (χ1n) is 2.59. The number of hydrogen-bond donors (Lipinski definition) is 3. The molecule has 4 nitrogen and oxygen atoms in total. The van der Waals surface area contributed by atoms with Crippen molar-refractivity contribution in [2.75, 3.05) is 5.73 Å². The van der Waals surface area contributed by atoms with Gasteiger partial charge in [0.2, 0.25) is 0 Å². The second-order valence-electron chi connectivity index (χ2n) is 1.70. The lowest BCUT2D eigenvalue weighted by Crippen LogP contribution is -2.08. The van der Waals surface area contributed by atoms with E-state index in [2.05, 4.69) is 4.98 Å². The number of nitrogen functional groups attached to an aromatic ring is 1. The standard InChI is InChI=1S/C5H7N3OS/c6-5-4(10-7)3(9)1-2-8-5/h1-2H,7H2,(H3,6,8,9). The smallest absolute Gasteiger partial charge is 0.198 e. The van der Waals surface area contributed by atoms with Crippen molar-refractivity contribution in [1.82, 2.24) is 4.98 Å². The van der Waals surface area contributed by atoms with Crippen LogP contribution in [0.5, 0.6) is 0 Å². The van der Waals surface area contributed by atoms with Gasteiger partial charge in [-0.25, -0.2) is 0 Å². The molecule has 54 valence electrons. The van der Waals surface area contributed by atoms with E-state index in [-0.39, 0.29) is 5.43 Å². The molecule has 0 radical (unpaired) electrons. The van der Waals surface area contributed by atoms with Gasteiger partial charge >= 0.3 is 0 Å². The van der Waals surface area contributed by atoms with Gasteiger partial charge in [0.15, 0.2) is 5.43 Å². The summed E-state index contributed by atoms with van der Waals surface area (Å²) in [6.07, 6.45) is 1.48. The Morgan fingerprint density at radius 1 is 1.60 bits per heavy atom. The van der Waals surface area contributed by atoms with Gasteiger partial charge in [0.05, 0.1) is 0 Å². The van der Waals surface area contributed by atoms with E-state index in [9.17, 15) is 4.79 Å². The van der Waals surface area contributed by atoms with Gasteiger partial charge in [-0.2, -0.15) is 0 Å². The number of aromatic amines is 1. The van der Waals surface area contributed by atoms with Gasteiger partial charge in [-0.3, -0.25) is 9.93 Å². The summed E-state index contributed by atoms with van der Waals surface area (Å²) in [5.41, 5.74) is 5.23. The number of nitrogens with one attached hydrogen (secondary N) is 1. The molecular weight excluding hydrogens is 150 g/mol. The third kappa shape index (κ3) is 1.14. The van der Waals surface area contributed by atoms with Gasteiger partial charge in [0, 0.05) is 12.3 Å². The van der Waals surface area contributed by atoms with Crippen molar-refractivity contribution in [3.8, 4) is 0 Å². The maximum absolute atomic E-state index is 10.9. The average molecular weight is 157 g/mol. The van der Waals surface area contributed by atoms with Crippen molar-refractivity contribution in [3.05, 3.63) is 22.5 Å². The van der Waals surface area contributed by atoms with E-state index in [1.54, 1.807) is 0 Å². The zero-order valence-electron chi connectivity index (χ0n) is 5.13. The van der Waals surface area contributed by atoms with E-state index in [0.29, 0.717) is 10.7 Å². The van der Waals surface area contributed by atoms with E-state index in [1.165, 1.54) is 12.3 Å². The Bertz CT molecular complexity index is 282. The molecule has 5 N–H and O–H groups in total. The van der Waals surface area contributed by atoms with Crippen LogP contribution in [0.1, 0.15) is 0 Å². The summed E-state index contributed by atoms with van der Waals surface area (Å²) < 4.78 is 0. The maximum atomic E-state index is 10.9. The predicted octanol–water partition coefficient (Wildman–Crippen LogP) is -0.0771. The van der Waals surface area contributed by atoms with Crippen LogP contribution in [0.3, 0.4) is 0 Å². The molecule has 0 atom stereocenters. The molecule has 1 aromatic rings. The Kier molecular flexibility index (Phi) is 1.98. The lowest BCUT2D eigenvalue weighted by molar-refractivity contribution is 1.21. The zero-order chi connectivity index (χ0) is 7.56. The molecule has 1 rings (SSSR count). The lowest BCUT2D eigenvalue weighted by Gasteiger charge is -1.97. The summed E-state index contributed by atoms with van der Waals surface area (Å²) in [6, 6.07) is 1.38. The largest absolute Gasteiger partial charge is 0.384 e. The Morgan fingerprint density at radius 3 is 2.70 bits per heavy atom. The first-order chi connectivity index (χ1) is 4.75. The second-order valence-corrected chi connectivity index (χ2v) is 2.35. The number of rotatable bonds is 1. The molecule has 0 aliphatic carbocycles.